The van der Waals surface area contributed by atoms with Crippen LogP contribution in [0.1, 0.15) is 24.3 Å². The van der Waals surface area contributed by atoms with Crippen LogP contribution in [-0.4, -0.2) is 38.0 Å². The Kier molecular flexibility index (Phi) is 4.63. The van der Waals surface area contributed by atoms with Crippen molar-refractivity contribution in [1.29, 1.82) is 0 Å². The Morgan fingerprint density at radius 3 is 2.79 bits per heavy atom. The summed E-state index contributed by atoms with van der Waals surface area (Å²) in [6.45, 7) is 1.62. The molecule has 0 aliphatic carbocycles. The topological polar surface area (TPSA) is 65.0 Å². The minimum Gasteiger partial charge on any atom is -0.490 e. The van der Waals surface area contributed by atoms with Gasteiger partial charge < -0.3 is 19.3 Å². The van der Waals surface area contributed by atoms with E-state index in [9.17, 15) is 4.79 Å². The zero-order valence-corrected chi connectivity index (χ0v) is 10.9. The van der Waals surface area contributed by atoms with Gasteiger partial charge in [-0.05, 0) is 17.7 Å². The second-order valence-electron chi connectivity index (χ2n) is 4.51. The van der Waals surface area contributed by atoms with Crippen molar-refractivity contribution in [3.05, 3.63) is 23.8 Å². The predicted octanol–water partition coefficient (Wildman–Crippen LogP) is 2.05. The number of methoxy groups -OCH3 is 1. The van der Waals surface area contributed by atoms with E-state index in [1.165, 1.54) is 0 Å². The van der Waals surface area contributed by atoms with Gasteiger partial charge in [0.1, 0.15) is 0 Å². The van der Waals surface area contributed by atoms with Gasteiger partial charge in [-0.3, -0.25) is 4.79 Å². The first-order valence-electron chi connectivity index (χ1n) is 6.31. The van der Waals surface area contributed by atoms with Crippen molar-refractivity contribution in [2.45, 2.75) is 18.8 Å². The molecule has 5 nitrogen and oxygen atoms in total. The van der Waals surface area contributed by atoms with Gasteiger partial charge in [-0.15, -0.1) is 0 Å². The van der Waals surface area contributed by atoms with Crippen LogP contribution >= 0.6 is 0 Å². The highest BCUT2D eigenvalue weighted by Crippen LogP contribution is 2.33. The summed E-state index contributed by atoms with van der Waals surface area (Å²) in [5.41, 5.74) is 0.897. The molecule has 1 heterocycles. The number of rotatable bonds is 5. The van der Waals surface area contributed by atoms with Crippen LogP contribution in [0.15, 0.2) is 18.2 Å². The monoisotopic (exact) mass is 266 g/mol. The van der Waals surface area contributed by atoms with Crippen LogP contribution < -0.4 is 9.47 Å². The zero-order valence-electron chi connectivity index (χ0n) is 10.9. The Bertz CT molecular complexity index is 443. The molecule has 0 fully saturated rings. The number of benzene rings is 1. The molecule has 1 aromatic rings. The molecule has 0 bridgehead atoms. The Hall–Kier alpha value is -1.75. The van der Waals surface area contributed by atoms with E-state index in [1.807, 2.05) is 18.2 Å². The van der Waals surface area contributed by atoms with E-state index in [4.69, 9.17) is 19.3 Å². The van der Waals surface area contributed by atoms with Gasteiger partial charge in [0.05, 0.1) is 26.2 Å². The number of carboxylic acids is 1. The van der Waals surface area contributed by atoms with E-state index in [2.05, 4.69) is 0 Å². The summed E-state index contributed by atoms with van der Waals surface area (Å²) in [5, 5.41) is 8.94. The zero-order chi connectivity index (χ0) is 13.7. The molecule has 1 aliphatic heterocycles. The van der Waals surface area contributed by atoms with Crippen molar-refractivity contribution < 1.29 is 24.1 Å². The number of carbonyl (C=O) groups is 1. The first-order valence-corrected chi connectivity index (χ1v) is 6.31. The fourth-order valence-electron chi connectivity index (χ4n) is 2.12. The van der Waals surface area contributed by atoms with Gasteiger partial charge in [0.15, 0.2) is 11.5 Å². The van der Waals surface area contributed by atoms with Crippen LogP contribution in [0.3, 0.4) is 0 Å². The summed E-state index contributed by atoms with van der Waals surface area (Å²) in [6.07, 6.45) is 0.883. The quantitative estimate of drug-likeness (QED) is 0.883. The molecule has 0 saturated carbocycles. The van der Waals surface area contributed by atoms with E-state index in [-0.39, 0.29) is 12.3 Å². The van der Waals surface area contributed by atoms with Crippen molar-refractivity contribution >= 4 is 5.97 Å². The normalized spacial score (nSPS) is 15.6. The molecule has 104 valence electrons. The van der Waals surface area contributed by atoms with E-state index < -0.39 is 5.97 Å². The number of ether oxygens (including phenoxy) is 3. The van der Waals surface area contributed by atoms with Gasteiger partial charge in [0.25, 0.3) is 0 Å². The largest absolute Gasteiger partial charge is 0.490 e. The maximum absolute atomic E-state index is 10.9. The van der Waals surface area contributed by atoms with Crippen LogP contribution in [0.25, 0.3) is 0 Å². The molecule has 2 rings (SSSR count). The summed E-state index contributed by atoms with van der Waals surface area (Å²) in [5.74, 6) is 0.378. The summed E-state index contributed by atoms with van der Waals surface area (Å²) in [4.78, 5) is 10.9. The highest BCUT2D eigenvalue weighted by Gasteiger charge is 2.18. The summed E-state index contributed by atoms with van der Waals surface area (Å²) in [6, 6.07) is 5.56. The predicted molar refractivity (Wildman–Crippen MR) is 68.9 cm³/mol. The number of carboxylic acid groups (broad SMARTS) is 1. The third-order valence-corrected chi connectivity index (χ3v) is 3.03. The smallest absolute Gasteiger partial charge is 0.304 e. The van der Waals surface area contributed by atoms with E-state index in [1.54, 1.807) is 7.11 Å². The second-order valence-corrected chi connectivity index (χ2v) is 4.51. The average Bonchev–Trinajstić information content (AvgIpc) is 2.62. The van der Waals surface area contributed by atoms with Gasteiger partial charge in [0, 0.05) is 19.4 Å². The van der Waals surface area contributed by atoms with Crippen molar-refractivity contribution in [2.75, 3.05) is 26.9 Å². The van der Waals surface area contributed by atoms with Crippen LogP contribution in [0, 0.1) is 0 Å². The lowest BCUT2D eigenvalue weighted by Gasteiger charge is -2.16. The van der Waals surface area contributed by atoms with Crippen molar-refractivity contribution in [2.24, 2.45) is 0 Å². The van der Waals surface area contributed by atoms with E-state index in [0.29, 0.717) is 31.3 Å². The highest BCUT2D eigenvalue weighted by molar-refractivity contribution is 5.68. The summed E-state index contributed by atoms with van der Waals surface area (Å²) in [7, 11) is 1.57. The lowest BCUT2D eigenvalue weighted by molar-refractivity contribution is -0.137. The van der Waals surface area contributed by atoms with Gasteiger partial charge in [-0.1, -0.05) is 6.07 Å². The molecule has 19 heavy (non-hydrogen) atoms. The van der Waals surface area contributed by atoms with Crippen LogP contribution in [0.2, 0.25) is 0 Å². The fraction of sp³-hybridized carbons (Fsp3) is 0.500. The first-order chi connectivity index (χ1) is 9.20. The molecule has 1 aromatic carbocycles. The number of hydrogen-bond donors (Lipinski definition) is 1. The number of hydrogen-bond acceptors (Lipinski definition) is 4. The van der Waals surface area contributed by atoms with Gasteiger partial charge in [-0.2, -0.15) is 0 Å². The van der Waals surface area contributed by atoms with Crippen molar-refractivity contribution in [3.63, 3.8) is 0 Å². The van der Waals surface area contributed by atoms with E-state index >= 15 is 0 Å². The second kappa shape index (κ2) is 6.43. The van der Waals surface area contributed by atoms with Gasteiger partial charge in [-0.25, -0.2) is 0 Å². The average molecular weight is 266 g/mol. The molecule has 0 saturated heterocycles. The minimum absolute atomic E-state index is 0.0352. The fourth-order valence-corrected chi connectivity index (χ4v) is 2.12. The third-order valence-electron chi connectivity index (χ3n) is 3.03. The summed E-state index contributed by atoms with van der Waals surface area (Å²) >= 11 is 0. The highest BCUT2D eigenvalue weighted by atomic mass is 16.5. The molecule has 0 radical (unpaired) electrons. The van der Waals surface area contributed by atoms with Crippen molar-refractivity contribution in [1.82, 2.24) is 0 Å². The molecule has 1 N–H and O–H groups in total. The van der Waals surface area contributed by atoms with Gasteiger partial charge >= 0.3 is 5.97 Å². The molecule has 5 heteroatoms. The Labute approximate surface area is 112 Å². The molecular weight excluding hydrogens is 248 g/mol. The molecule has 0 amide bonds. The minimum atomic E-state index is -0.839. The van der Waals surface area contributed by atoms with Crippen LogP contribution in [0.4, 0.5) is 0 Å². The maximum Gasteiger partial charge on any atom is 0.304 e. The summed E-state index contributed by atoms with van der Waals surface area (Å²) < 4.78 is 16.3. The van der Waals surface area contributed by atoms with E-state index in [0.717, 1.165) is 12.0 Å². The standard InChI is InChI=1S/C14H18O5/c1-17-9-11(8-14(15)16)10-3-4-12-13(7-10)19-6-2-5-18-12/h3-4,7,11H,2,5-6,8-9H2,1H3,(H,15,16). The number of fused-ring (bicyclic) bond motifs is 1. The molecule has 1 aliphatic rings. The Morgan fingerprint density at radius 2 is 2.11 bits per heavy atom. The lowest BCUT2D eigenvalue weighted by Crippen LogP contribution is -2.12. The third kappa shape index (κ3) is 3.61. The number of aliphatic carboxylic acids is 1. The SMILES string of the molecule is COCC(CC(=O)O)c1ccc2c(c1)OCCCO2. The molecule has 0 spiro atoms. The molecular formula is C14H18O5. The lowest BCUT2D eigenvalue weighted by atomic mass is 9.96. The maximum atomic E-state index is 10.9. The Balaban J connectivity index is 2.22. The molecule has 0 aromatic heterocycles. The van der Waals surface area contributed by atoms with Crippen LogP contribution in [-0.2, 0) is 9.53 Å². The Morgan fingerprint density at radius 1 is 1.37 bits per heavy atom. The van der Waals surface area contributed by atoms with Crippen LogP contribution in [0.5, 0.6) is 11.5 Å². The molecule has 1 unspecified atom stereocenters. The van der Waals surface area contributed by atoms with Gasteiger partial charge in [0.2, 0.25) is 0 Å². The van der Waals surface area contributed by atoms with Crippen molar-refractivity contribution in [3.8, 4) is 11.5 Å². The molecule has 1 atom stereocenters. The first kappa shape index (κ1) is 13.7.